The van der Waals surface area contributed by atoms with E-state index in [1.807, 2.05) is 6.07 Å². The first-order chi connectivity index (χ1) is 7.63. The molecule has 0 spiro atoms. The lowest BCUT2D eigenvalue weighted by Gasteiger charge is -2.08. The molecule has 0 atom stereocenters. The van der Waals surface area contributed by atoms with Crippen LogP contribution >= 0.6 is 0 Å². The minimum Gasteiger partial charge on any atom is -0.462 e. The molecule has 0 bridgehead atoms. The van der Waals surface area contributed by atoms with Gasteiger partial charge < -0.3 is 9.84 Å². The number of nitrogens with zero attached hydrogens (tertiary/aromatic N) is 1. The monoisotopic (exact) mass is 219 g/mol. The second-order valence-electron chi connectivity index (χ2n) is 3.31. The van der Waals surface area contributed by atoms with Gasteiger partial charge in [0.2, 0.25) is 0 Å². The topological polar surface area (TPSA) is 70.3 Å². The van der Waals surface area contributed by atoms with Crippen molar-refractivity contribution < 1.29 is 14.6 Å². The molecule has 1 aromatic carbocycles. The molecule has 16 heavy (non-hydrogen) atoms. The summed E-state index contributed by atoms with van der Waals surface area (Å²) in [5.41, 5.74) is 1.92. The number of benzene rings is 1. The second kappa shape index (κ2) is 5.29. The van der Waals surface area contributed by atoms with Crippen molar-refractivity contribution in [2.45, 2.75) is 20.5 Å². The van der Waals surface area contributed by atoms with Crippen LogP contribution < -0.4 is 0 Å². The summed E-state index contributed by atoms with van der Waals surface area (Å²) in [4.78, 5) is 11.5. The minimum atomic E-state index is -0.452. The molecule has 0 saturated carbocycles. The Morgan fingerprint density at radius 2 is 2.25 bits per heavy atom. The number of hydrogen-bond donors (Lipinski definition) is 1. The van der Waals surface area contributed by atoms with E-state index in [0.29, 0.717) is 28.9 Å². The fraction of sp³-hybridized carbons (Fsp3) is 0.333. The van der Waals surface area contributed by atoms with Crippen LogP contribution in [0.5, 0.6) is 0 Å². The zero-order valence-electron chi connectivity index (χ0n) is 9.28. The maximum Gasteiger partial charge on any atom is 0.338 e. The summed E-state index contributed by atoms with van der Waals surface area (Å²) >= 11 is 0. The fourth-order valence-corrected chi connectivity index (χ4v) is 1.46. The number of aliphatic hydroxyl groups is 1. The normalized spacial score (nSPS) is 9.62. The quantitative estimate of drug-likeness (QED) is 0.783. The van der Waals surface area contributed by atoms with E-state index in [2.05, 4.69) is 0 Å². The summed E-state index contributed by atoms with van der Waals surface area (Å²) in [6.45, 7) is 3.55. The third-order valence-corrected chi connectivity index (χ3v) is 2.26. The smallest absolute Gasteiger partial charge is 0.338 e. The van der Waals surface area contributed by atoms with Gasteiger partial charge >= 0.3 is 5.97 Å². The number of esters is 1. The minimum absolute atomic E-state index is 0.210. The average Bonchev–Trinajstić information content (AvgIpc) is 2.28. The molecule has 0 aromatic heterocycles. The van der Waals surface area contributed by atoms with E-state index in [4.69, 9.17) is 15.1 Å². The summed E-state index contributed by atoms with van der Waals surface area (Å²) in [5.74, 6) is -0.452. The van der Waals surface area contributed by atoms with Crippen LogP contribution in [0.3, 0.4) is 0 Å². The van der Waals surface area contributed by atoms with Gasteiger partial charge in [-0.25, -0.2) is 4.79 Å². The van der Waals surface area contributed by atoms with E-state index in [1.54, 1.807) is 19.9 Å². The van der Waals surface area contributed by atoms with Gasteiger partial charge in [-0.3, -0.25) is 0 Å². The Morgan fingerprint density at radius 3 is 2.75 bits per heavy atom. The van der Waals surface area contributed by atoms with Crippen LogP contribution in [0.15, 0.2) is 12.1 Å². The molecule has 0 unspecified atom stereocenters. The standard InChI is InChI=1S/C12H13NO3/c1-3-16-12(15)9-4-8(2)11(7-14)10(5-9)6-13/h4-5,14H,3,7H2,1-2H3. The van der Waals surface area contributed by atoms with E-state index in [0.717, 1.165) is 0 Å². The molecule has 0 aliphatic rings. The number of carbonyl (C=O) groups excluding carboxylic acids is 1. The summed E-state index contributed by atoms with van der Waals surface area (Å²) in [6, 6.07) is 5.01. The molecule has 1 N–H and O–H groups in total. The largest absolute Gasteiger partial charge is 0.462 e. The van der Waals surface area contributed by atoms with Crippen molar-refractivity contribution in [2.75, 3.05) is 6.61 Å². The third-order valence-electron chi connectivity index (χ3n) is 2.26. The lowest BCUT2D eigenvalue weighted by atomic mass is 9.99. The van der Waals surface area contributed by atoms with Gasteiger partial charge in [-0.1, -0.05) is 0 Å². The molecule has 4 heteroatoms. The van der Waals surface area contributed by atoms with Gasteiger partial charge in [0, 0.05) is 0 Å². The predicted octanol–water partition coefficient (Wildman–Crippen LogP) is 1.54. The van der Waals surface area contributed by atoms with Crippen molar-refractivity contribution in [3.8, 4) is 6.07 Å². The number of aryl methyl sites for hydroxylation is 1. The molecule has 1 aromatic rings. The van der Waals surface area contributed by atoms with Crippen molar-refractivity contribution in [2.24, 2.45) is 0 Å². The lowest BCUT2D eigenvalue weighted by molar-refractivity contribution is 0.0526. The summed E-state index contributed by atoms with van der Waals surface area (Å²) in [7, 11) is 0. The van der Waals surface area contributed by atoms with Crippen molar-refractivity contribution in [1.82, 2.24) is 0 Å². The van der Waals surface area contributed by atoms with Crippen LogP contribution in [-0.4, -0.2) is 17.7 Å². The van der Waals surface area contributed by atoms with Crippen LogP contribution in [-0.2, 0) is 11.3 Å². The zero-order chi connectivity index (χ0) is 12.1. The van der Waals surface area contributed by atoms with Crippen molar-refractivity contribution in [1.29, 1.82) is 5.26 Å². The van der Waals surface area contributed by atoms with Crippen LogP contribution in [0.2, 0.25) is 0 Å². The summed E-state index contributed by atoms with van der Waals surface area (Å²) in [6.07, 6.45) is 0. The molecule has 0 amide bonds. The van der Waals surface area contributed by atoms with E-state index in [1.165, 1.54) is 6.07 Å². The molecule has 0 fully saturated rings. The van der Waals surface area contributed by atoms with Gasteiger partial charge in [-0.05, 0) is 37.1 Å². The SMILES string of the molecule is CCOC(=O)c1cc(C)c(CO)c(C#N)c1. The number of rotatable bonds is 3. The molecule has 0 heterocycles. The Labute approximate surface area is 94.1 Å². The molecule has 1 rings (SSSR count). The maximum atomic E-state index is 11.5. The van der Waals surface area contributed by atoms with Gasteiger partial charge in [-0.2, -0.15) is 5.26 Å². The number of ether oxygens (including phenoxy) is 1. The highest BCUT2D eigenvalue weighted by atomic mass is 16.5. The predicted molar refractivity (Wildman–Crippen MR) is 57.8 cm³/mol. The number of hydrogen-bond acceptors (Lipinski definition) is 4. The van der Waals surface area contributed by atoms with E-state index >= 15 is 0 Å². The lowest BCUT2D eigenvalue weighted by Crippen LogP contribution is -2.07. The van der Waals surface area contributed by atoms with Crippen LogP contribution in [0.4, 0.5) is 0 Å². The Kier molecular flexibility index (Phi) is 4.03. The molecule has 4 nitrogen and oxygen atoms in total. The maximum absolute atomic E-state index is 11.5. The van der Waals surface area contributed by atoms with Gasteiger partial charge in [0.15, 0.2) is 0 Å². The first-order valence-electron chi connectivity index (χ1n) is 4.95. The highest BCUT2D eigenvalue weighted by Crippen LogP contribution is 2.17. The molecule has 0 aliphatic heterocycles. The van der Waals surface area contributed by atoms with Gasteiger partial charge in [0.05, 0.1) is 30.4 Å². The molecule has 84 valence electrons. The zero-order valence-corrected chi connectivity index (χ0v) is 9.28. The van der Waals surface area contributed by atoms with Crippen molar-refractivity contribution in [3.05, 3.63) is 34.4 Å². The van der Waals surface area contributed by atoms with Gasteiger partial charge in [0.1, 0.15) is 0 Å². The molecular weight excluding hydrogens is 206 g/mol. The number of aliphatic hydroxyl groups excluding tert-OH is 1. The highest BCUT2D eigenvalue weighted by molar-refractivity contribution is 5.90. The average molecular weight is 219 g/mol. The van der Waals surface area contributed by atoms with Gasteiger partial charge in [0.25, 0.3) is 0 Å². The summed E-state index contributed by atoms with van der Waals surface area (Å²) < 4.78 is 4.85. The van der Waals surface area contributed by atoms with Crippen LogP contribution in [0, 0.1) is 18.3 Å². The van der Waals surface area contributed by atoms with Gasteiger partial charge in [-0.15, -0.1) is 0 Å². The molecule has 0 radical (unpaired) electrons. The van der Waals surface area contributed by atoms with Crippen molar-refractivity contribution >= 4 is 5.97 Å². The Balaban J connectivity index is 3.21. The first kappa shape index (κ1) is 12.2. The van der Waals surface area contributed by atoms with E-state index < -0.39 is 5.97 Å². The molecular formula is C12H13NO3. The Hall–Kier alpha value is -1.86. The summed E-state index contributed by atoms with van der Waals surface area (Å²) in [5, 5.41) is 18.0. The highest BCUT2D eigenvalue weighted by Gasteiger charge is 2.12. The molecule has 0 saturated heterocycles. The van der Waals surface area contributed by atoms with Crippen LogP contribution in [0.1, 0.15) is 34.0 Å². The fourth-order valence-electron chi connectivity index (χ4n) is 1.46. The Morgan fingerprint density at radius 1 is 1.56 bits per heavy atom. The second-order valence-corrected chi connectivity index (χ2v) is 3.31. The third kappa shape index (κ3) is 2.38. The Bertz CT molecular complexity index is 446. The molecule has 0 aliphatic carbocycles. The van der Waals surface area contributed by atoms with E-state index in [9.17, 15) is 4.79 Å². The number of nitriles is 1. The van der Waals surface area contributed by atoms with Crippen LogP contribution in [0.25, 0.3) is 0 Å². The number of carbonyl (C=O) groups is 1. The van der Waals surface area contributed by atoms with E-state index in [-0.39, 0.29) is 6.61 Å². The van der Waals surface area contributed by atoms with Crippen molar-refractivity contribution in [3.63, 3.8) is 0 Å². The first-order valence-corrected chi connectivity index (χ1v) is 4.95.